The van der Waals surface area contributed by atoms with Crippen molar-refractivity contribution in [1.29, 1.82) is 0 Å². The van der Waals surface area contributed by atoms with Gasteiger partial charge < -0.3 is 10.8 Å². The largest absolute Gasteiger partial charge is 0.394 e. The number of hydrogen-bond acceptors (Lipinski definition) is 2. The van der Waals surface area contributed by atoms with Crippen LogP contribution in [0.2, 0.25) is 0 Å². The Morgan fingerprint density at radius 1 is 1.60 bits per heavy atom. The topological polar surface area (TPSA) is 46.2 Å². The van der Waals surface area contributed by atoms with Crippen LogP contribution in [-0.2, 0) is 0 Å². The van der Waals surface area contributed by atoms with Crippen molar-refractivity contribution in [3.8, 4) is 0 Å². The standard InChI is InChI=1S/C8H13NO/c1-3-5-7(4-2)8(9)6-10/h3-5,8,10H,1-2,6,9H2/b7-5+/t8-/m1/s1. The second kappa shape index (κ2) is 4.97. The molecule has 0 rings (SSSR count). The van der Waals surface area contributed by atoms with E-state index >= 15 is 0 Å². The predicted octanol–water partition coefficient (Wildman–Crippen LogP) is 0.604. The molecule has 0 aliphatic rings. The summed E-state index contributed by atoms with van der Waals surface area (Å²) < 4.78 is 0. The van der Waals surface area contributed by atoms with Crippen LogP contribution in [0.3, 0.4) is 0 Å². The van der Waals surface area contributed by atoms with Crippen LogP contribution in [-0.4, -0.2) is 17.8 Å². The molecule has 3 N–H and O–H groups in total. The maximum atomic E-state index is 8.62. The maximum Gasteiger partial charge on any atom is 0.0624 e. The molecule has 0 aromatic heterocycles. The summed E-state index contributed by atoms with van der Waals surface area (Å²) in [4.78, 5) is 0. The summed E-state index contributed by atoms with van der Waals surface area (Å²) in [6.45, 7) is 6.98. The van der Waals surface area contributed by atoms with Crippen molar-refractivity contribution in [2.75, 3.05) is 6.61 Å². The number of aliphatic hydroxyl groups excluding tert-OH is 1. The molecule has 0 saturated heterocycles. The summed E-state index contributed by atoms with van der Waals surface area (Å²) in [5.74, 6) is 0. The Bertz CT molecular complexity index is 149. The summed E-state index contributed by atoms with van der Waals surface area (Å²) in [5.41, 5.74) is 6.28. The van der Waals surface area contributed by atoms with Gasteiger partial charge in [0, 0.05) is 0 Å². The Hall–Kier alpha value is -0.860. The molecule has 56 valence electrons. The predicted molar refractivity (Wildman–Crippen MR) is 43.5 cm³/mol. The van der Waals surface area contributed by atoms with Crippen LogP contribution in [0.25, 0.3) is 0 Å². The van der Waals surface area contributed by atoms with Crippen molar-refractivity contribution in [1.82, 2.24) is 0 Å². The zero-order valence-corrected chi connectivity index (χ0v) is 5.96. The number of hydrogen-bond donors (Lipinski definition) is 2. The third-order valence-electron chi connectivity index (χ3n) is 1.17. The first-order chi connectivity index (χ1) is 4.76. The summed E-state index contributed by atoms with van der Waals surface area (Å²) in [6, 6.07) is -0.338. The summed E-state index contributed by atoms with van der Waals surface area (Å²) in [6.07, 6.45) is 4.96. The highest BCUT2D eigenvalue weighted by Gasteiger charge is 2.01. The molecule has 0 spiro atoms. The molecule has 0 saturated carbocycles. The highest BCUT2D eigenvalue weighted by molar-refractivity contribution is 5.26. The van der Waals surface area contributed by atoms with Crippen LogP contribution in [0, 0.1) is 0 Å². The monoisotopic (exact) mass is 139 g/mol. The molecule has 2 nitrogen and oxygen atoms in total. The van der Waals surface area contributed by atoms with Crippen LogP contribution in [0.1, 0.15) is 0 Å². The SMILES string of the molecule is C=C/C=C(\C=C)[C@H](N)CO. The van der Waals surface area contributed by atoms with Gasteiger partial charge in [-0.25, -0.2) is 0 Å². The Morgan fingerprint density at radius 2 is 2.20 bits per heavy atom. The molecule has 0 aromatic carbocycles. The lowest BCUT2D eigenvalue weighted by molar-refractivity contribution is 0.281. The van der Waals surface area contributed by atoms with E-state index in [9.17, 15) is 0 Å². The van der Waals surface area contributed by atoms with Crippen molar-refractivity contribution >= 4 is 0 Å². The molecule has 2 heteroatoms. The van der Waals surface area contributed by atoms with Crippen molar-refractivity contribution < 1.29 is 5.11 Å². The van der Waals surface area contributed by atoms with E-state index in [1.165, 1.54) is 0 Å². The van der Waals surface area contributed by atoms with Gasteiger partial charge in [0.05, 0.1) is 12.6 Å². The summed E-state index contributed by atoms with van der Waals surface area (Å²) in [5, 5.41) is 8.62. The van der Waals surface area contributed by atoms with Crippen molar-refractivity contribution in [3.05, 3.63) is 37.0 Å². The fourth-order valence-electron chi connectivity index (χ4n) is 0.585. The van der Waals surface area contributed by atoms with E-state index in [-0.39, 0.29) is 12.6 Å². The number of aliphatic hydroxyl groups is 1. The molecule has 10 heavy (non-hydrogen) atoms. The van der Waals surface area contributed by atoms with E-state index in [4.69, 9.17) is 10.8 Å². The number of rotatable bonds is 4. The second-order valence-electron chi connectivity index (χ2n) is 1.90. The van der Waals surface area contributed by atoms with Crippen molar-refractivity contribution in [3.63, 3.8) is 0 Å². The van der Waals surface area contributed by atoms with Crippen molar-refractivity contribution in [2.24, 2.45) is 5.73 Å². The van der Waals surface area contributed by atoms with Gasteiger partial charge in [-0.3, -0.25) is 0 Å². The molecular formula is C8H13NO. The summed E-state index contributed by atoms with van der Waals surface area (Å²) in [7, 11) is 0. The second-order valence-corrected chi connectivity index (χ2v) is 1.90. The smallest absolute Gasteiger partial charge is 0.0624 e. The molecular weight excluding hydrogens is 126 g/mol. The molecule has 0 bridgehead atoms. The number of nitrogens with two attached hydrogens (primary N) is 1. The fourth-order valence-corrected chi connectivity index (χ4v) is 0.585. The van der Waals surface area contributed by atoms with Gasteiger partial charge in [-0.15, -0.1) is 0 Å². The van der Waals surface area contributed by atoms with Gasteiger partial charge in [0.1, 0.15) is 0 Å². The molecule has 0 aliphatic heterocycles. The van der Waals surface area contributed by atoms with Crippen LogP contribution in [0.4, 0.5) is 0 Å². The van der Waals surface area contributed by atoms with E-state index in [0.29, 0.717) is 0 Å². The highest BCUT2D eigenvalue weighted by atomic mass is 16.3. The lowest BCUT2D eigenvalue weighted by Gasteiger charge is -2.07. The minimum Gasteiger partial charge on any atom is -0.394 e. The fraction of sp³-hybridized carbons (Fsp3) is 0.250. The molecule has 0 amide bonds. The first-order valence-corrected chi connectivity index (χ1v) is 3.07. The van der Waals surface area contributed by atoms with Crippen LogP contribution < -0.4 is 5.73 Å². The Morgan fingerprint density at radius 3 is 2.50 bits per heavy atom. The maximum absolute atomic E-state index is 8.62. The van der Waals surface area contributed by atoms with E-state index in [2.05, 4.69) is 13.2 Å². The first-order valence-electron chi connectivity index (χ1n) is 3.07. The van der Waals surface area contributed by atoms with Gasteiger partial charge in [0.2, 0.25) is 0 Å². The molecule has 0 fully saturated rings. The van der Waals surface area contributed by atoms with E-state index < -0.39 is 0 Å². The lowest BCUT2D eigenvalue weighted by Crippen LogP contribution is -2.25. The quantitative estimate of drug-likeness (QED) is 0.560. The minimum atomic E-state index is -0.338. The minimum absolute atomic E-state index is 0.0638. The zero-order valence-electron chi connectivity index (χ0n) is 5.96. The third kappa shape index (κ3) is 2.62. The average Bonchev–Trinajstić information content (AvgIpc) is 1.99. The van der Waals surface area contributed by atoms with Gasteiger partial charge in [-0.05, 0) is 5.57 Å². The number of allylic oxidation sites excluding steroid dienone is 2. The van der Waals surface area contributed by atoms with E-state index in [1.54, 1.807) is 18.2 Å². The van der Waals surface area contributed by atoms with Gasteiger partial charge in [-0.2, -0.15) is 0 Å². The molecule has 1 atom stereocenters. The van der Waals surface area contributed by atoms with Crippen LogP contribution in [0.5, 0.6) is 0 Å². The molecule has 0 heterocycles. The normalized spacial score (nSPS) is 14.4. The van der Waals surface area contributed by atoms with Gasteiger partial charge in [0.15, 0.2) is 0 Å². The summed E-state index contributed by atoms with van der Waals surface area (Å²) >= 11 is 0. The van der Waals surface area contributed by atoms with Crippen molar-refractivity contribution in [2.45, 2.75) is 6.04 Å². The van der Waals surface area contributed by atoms with Gasteiger partial charge in [-0.1, -0.05) is 31.4 Å². The van der Waals surface area contributed by atoms with Crippen LogP contribution >= 0.6 is 0 Å². The molecule has 0 radical (unpaired) electrons. The van der Waals surface area contributed by atoms with Crippen LogP contribution in [0.15, 0.2) is 37.0 Å². The van der Waals surface area contributed by atoms with Gasteiger partial charge >= 0.3 is 0 Å². The highest BCUT2D eigenvalue weighted by Crippen LogP contribution is 1.99. The lowest BCUT2D eigenvalue weighted by atomic mass is 10.1. The third-order valence-corrected chi connectivity index (χ3v) is 1.17. The molecule has 0 aliphatic carbocycles. The van der Waals surface area contributed by atoms with E-state index in [1.807, 2.05) is 0 Å². The Kier molecular flexibility index (Phi) is 4.54. The average molecular weight is 139 g/mol. The van der Waals surface area contributed by atoms with E-state index in [0.717, 1.165) is 5.57 Å². The molecule has 0 unspecified atom stereocenters. The Labute approximate surface area is 61.4 Å². The first kappa shape index (κ1) is 9.14. The zero-order chi connectivity index (χ0) is 7.98. The molecule has 0 aromatic rings. The Balaban J connectivity index is 4.18. The van der Waals surface area contributed by atoms with Gasteiger partial charge in [0.25, 0.3) is 0 Å².